The van der Waals surface area contributed by atoms with Crippen molar-refractivity contribution in [3.63, 3.8) is 0 Å². The van der Waals surface area contributed by atoms with Gasteiger partial charge in [0.2, 0.25) is 0 Å². The molecular formula is C10H19NO2S. The number of carboxylic acids is 1. The van der Waals surface area contributed by atoms with Gasteiger partial charge in [0.05, 0.1) is 0 Å². The fourth-order valence-corrected chi connectivity index (χ4v) is 2.10. The van der Waals surface area contributed by atoms with Crippen LogP contribution < -0.4 is 5.32 Å². The lowest BCUT2D eigenvalue weighted by atomic mass is 10.3. The molecule has 14 heavy (non-hydrogen) atoms. The number of aliphatic carboxylic acids is 1. The first-order valence-electron chi connectivity index (χ1n) is 5.24. The van der Waals surface area contributed by atoms with Gasteiger partial charge >= 0.3 is 5.97 Å². The number of carboxylic acid groups (broad SMARTS) is 1. The summed E-state index contributed by atoms with van der Waals surface area (Å²) in [6.07, 6.45) is 3.37. The van der Waals surface area contributed by atoms with E-state index in [2.05, 4.69) is 19.2 Å². The predicted molar refractivity (Wildman–Crippen MR) is 59.8 cm³/mol. The lowest BCUT2D eigenvalue weighted by molar-refractivity contribution is -0.138. The molecule has 0 amide bonds. The summed E-state index contributed by atoms with van der Waals surface area (Å²) in [5, 5.41) is 12.7. The molecule has 1 aliphatic rings. The van der Waals surface area contributed by atoms with Crippen LogP contribution in [0.5, 0.6) is 0 Å². The average Bonchev–Trinajstić information content (AvgIpc) is 2.94. The normalized spacial score (nSPS) is 20.4. The van der Waals surface area contributed by atoms with Gasteiger partial charge in [-0.2, -0.15) is 11.8 Å². The first-order valence-corrected chi connectivity index (χ1v) is 6.28. The fourth-order valence-electron chi connectivity index (χ4n) is 1.10. The van der Waals surface area contributed by atoms with Gasteiger partial charge in [0.15, 0.2) is 0 Å². The van der Waals surface area contributed by atoms with E-state index in [1.54, 1.807) is 11.8 Å². The van der Waals surface area contributed by atoms with Gasteiger partial charge in [0.1, 0.15) is 6.04 Å². The zero-order chi connectivity index (χ0) is 10.6. The summed E-state index contributed by atoms with van der Waals surface area (Å²) in [5.41, 5.74) is 0. The Labute approximate surface area is 89.6 Å². The summed E-state index contributed by atoms with van der Waals surface area (Å²) in [4.78, 5) is 10.9. The maximum atomic E-state index is 10.9. The van der Waals surface area contributed by atoms with Crippen molar-refractivity contribution in [2.45, 2.75) is 50.4 Å². The number of thioether (sulfide) groups is 1. The van der Waals surface area contributed by atoms with Crippen LogP contribution >= 0.6 is 11.8 Å². The van der Waals surface area contributed by atoms with Crippen LogP contribution in [0.3, 0.4) is 0 Å². The third-order valence-electron chi connectivity index (χ3n) is 2.43. The molecule has 0 aromatic carbocycles. The van der Waals surface area contributed by atoms with Gasteiger partial charge in [-0.15, -0.1) is 0 Å². The molecule has 1 aliphatic carbocycles. The molecule has 0 saturated heterocycles. The van der Waals surface area contributed by atoms with Crippen LogP contribution in [-0.2, 0) is 4.79 Å². The van der Waals surface area contributed by atoms with Crippen LogP contribution in [0.4, 0.5) is 0 Å². The summed E-state index contributed by atoms with van der Waals surface area (Å²) in [7, 11) is 0. The van der Waals surface area contributed by atoms with Gasteiger partial charge < -0.3 is 10.4 Å². The maximum Gasteiger partial charge on any atom is 0.321 e. The van der Waals surface area contributed by atoms with Crippen molar-refractivity contribution in [1.29, 1.82) is 0 Å². The van der Waals surface area contributed by atoms with Crippen LogP contribution in [0.15, 0.2) is 0 Å². The zero-order valence-corrected chi connectivity index (χ0v) is 9.64. The topological polar surface area (TPSA) is 49.3 Å². The Morgan fingerprint density at radius 1 is 1.64 bits per heavy atom. The smallest absolute Gasteiger partial charge is 0.321 e. The quantitative estimate of drug-likeness (QED) is 0.682. The van der Waals surface area contributed by atoms with Crippen LogP contribution in [0.1, 0.15) is 33.1 Å². The second-order valence-corrected chi connectivity index (χ2v) is 5.36. The van der Waals surface area contributed by atoms with Crippen molar-refractivity contribution in [3.05, 3.63) is 0 Å². The second-order valence-electron chi connectivity index (χ2n) is 3.88. The Hall–Kier alpha value is -0.220. The lowest BCUT2D eigenvalue weighted by Gasteiger charge is -2.15. The van der Waals surface area contributed by atoms with E-state index in [4.69, 9.17) is 5.11 Å². The van der Waals surface area contributed by atoms with E-state index in [0.29, 0.717) is 17.0 Å². The summed E-state index contributed by atoms with van der Waals surface area (Å²) in [5.74, 6) is -0.0337. The molecule has 1 rings (SSSR count). The standard InChI is InChI=1S/C10H19NO2S/c1-3-7(2)14-6-9(10(12)13)11-8-4-5-8/h7-9,11H,3-6H2,1-2H3,(H,12,13). The molecule has 1 fully saturated rings. The molecule has 82 valence electrons. The Morgan fingerprint density at radius 2 is 2.29 bits per heavy atom. The molecule has 3 nitrogen and oxygen atoms in total. The first kappa shape index (κ1) is 11.9. The third-order valence-corrected chi connectivity index (χ3v) is 3.86. The number of hydrogen-bond donors (Lipinski definition) is 2. The molecule has 0 aromatic heterocycles. The van der Waals surface area contributed by atoms with Gasteiger partial charge in [-0.25, -0.2) is 0 Å². The molecule has 2 unspecified atom stereocenters. The summed E-state index contributed by atoms with van der Waals surface area (Å²) < 4.78 is 0. The molecule has 2 atom stereocenters. The van der Waals surface area contributed by atoms with Crippen molar-refractivity contribution >= 4 is 17.7 Å². The second kappa shape index (κ2) is 5.61. The van der Waals surface area contributed by atoms with E-state index in [9.17, 15) is 4.79 Å². The Bertz CT molecular complexity index is 195. The maximum absolute atomic E-state index is 10.9. The Morgan fingerprint density at radius 3 is 2.71 bits per heavy atom. The van der Waals surface area contributed by atoms with Gasteiger partial charge in [0.25, 0.3) is 0 Å². The lowest BCUT2D eigenvalue weighted by Crippen LogP contribution is -2.40. The van der Waals surface area contributed by atoms with Crippen molar-refractivity contribution in [1.82, 2.24) is 5.32 Å². The van der Waals surface area contributed by atoms with E-state index in [1.165, 1.54) is 0 Å². The van der Waals surface area contributed by atoms with Crippen LogP contribution in [0.2, 0.25) is 0 Å². The molecule has 0 spiro atoms. The van der Waals surface area contributed by atoms with Gasteiger partial charge in [-0.3, -0.25) is 4.79 Å². The van der Waals surface area contributed by atoms with E-state index in [1.807, 2.05) is 0 Å². The SMILES string of the molecule is CCC(C)SCC(NC1CC1)C(=O)O. The minimum absolute atomic E-state index is 0.360. The molecule has 1 saturated carbocycles. The van der Waals surface area contributed by atoms with Gasteiger partial charge in [-0.05, 0) is 19.3 Å². The highest BCUT2D eigenvalue weighted by Gasteiger charge is 2.28. The minimum Gasteiger partial charge on any atom is -0.480 e. The highest BCUT2D eigenvalue weighted by atomic mass is 32.2. The van der Waals surface area contributed by atoms with E-state index in [-0.39, 0.29) is 6.04 Å². The fraction of sp³-hybridized carbons (Fsp3) is 0.900. The van der Waals surface area contributed by atoms with Crippen molar-refractivity contribution in [2.75, 3.05) is 5.75 Å². The molecule has 0 heterocycles. The predicted octanol–water partition coefficient (Wildman–Crippen LogP) is 1.72. The summed E-state index contributed by atoms with van der Waals surface area (Å²) >= 11 is 1.74. The number of carbonyl (C=O) groups is 1. The number of rotatable bonds is 7. The first-order chi connectivity index (χ1) is 6.63. The Kier molecular flexibility index (Phi) is 4.75. The third kappa shape index (κ3) is 4.33. The van der Waals surface area contributed by atoms with Crippen LogP contribution in [-0.4, -0.2) is 34.2 Å². The van der Waals surface area contributed by atoms with Gasteiger partial charge in [-0.1, -0.05) is 13.8 Å². The number of nitrogens with one attached hydrogen (secondary N) is 1. The largest absolute Gasteiger partial charge is 0.480 e. The number of hydrogen-bond acceptors (Lipinski definition) is 3. The minimum atomic E-state index is -0.715. The molecule has 2 N–H and O–H groups in total. The molecule has 0 aromatic rings. The van der Waals surface area contributed by atoms with Crippen molar-refractivity contribution in [3.8, 4) is 0 Å². The molecule has 0 radical (unpaired) electrons. The van der Waals surface area contributed by atoms with E-state index >= 15 is 0 Å². The highest BCUT2D eigenvalue weighted by Crippen LogP contribution is 2.21. The van der Waals surface area contributed by atoms with Crippen LogP contribution in [0, 0.1) is 0 Å². The molecular weight excluding hydrogens is 198 g/mol. The zero-order valence-electron chi connectivity index (χ0n) is 8.82. The molecule has 4 heteroatoms. The average molecular weight is 217 g/mol. The molecule has 0 bridgehead atoms. The monoisotopic (exact) mass is 217 g/mol. The highest BCUT2D eigenvalue weighted by molar-refractivity contribution is 7.99. The van der Waals surface area contributed by atoms with E-state index in [0.717, 1.165) is 19.3 Å². The Balaban J connectivity index is 2.23. The van der Waals surface area contributed by atoms with Crippen molar-refractivity contribution in [2.24, 2.45) is 0 Å². The van der Waals surface area contributed by atoms with Crippen molar-refractivity contribution < 1.29 is 9.90 Å². The van der Waals surface area contributed by atoms with E-state index < -0.39 is 5.97 Å². The van der Waals surface area contributed by atoms with Crippen LogP contribution in [0.25, 0.3) is 0 Å². The molecule has 0 aliphatic heterocycles. The summed E-state index contributed by atoms with van der Waals surface area (Å²) in [6.45, 7) is 4.27. The van der Waals surface area contributed by atoms with Gasteiger partial charge in [0, 0.05) is 17.0 Å². The summed E-state index contributed by atoms with van der Waals surface area (Å²) in [6, 6.07) is 0.107.